The lowest BCUT2D eigenvalue weighted by molar-refractivity contribution is 0.253. The highest BCUT2D eigenvalue weighted by atomic mass is 35.5. The van der Waals surface area contributed by atoms with Gasteiger partial charge in [-0.15, -0.1) is 0 Å². The van der Waals surface area contributed by atoms with Crippen LogP contribution in [0.2, 0.25) is 5.02 Å². The van der Waals surface area contributed by atoms with E-state index in [0.717, 1.165) is 24.5 Å². The van der Waals surface area contributed by atoms with Crippen molar-refractivity contribution in [2.75, 3.05) is 19.6 Å². The average Bonchev–Trinajstić information content (AvgIpc) is 3.02. The number of likely N-dealkylation sites (tertiary alicyclic amines) is 1. The molecular formula is C21H25ClN2S. The third-order valence-electron chi connectivity index (χ3n) is 5.47. The topological polar surface area (TPSA) is 15.3 Å². The second kappa shape index (κ2) is 7.71. The van der Waals surface area contributed by atoms with E-state index in [1.165, 1.54) is 40.3 Å². The van der Waals surface area contributed by atoms with Crippen molar-refractivity contribution in [3.05, 3.63) is 58.6 Å². The molecule has 2 atom stereocenters. The number of fused-ring (bicyclic) bond motifs is 2. The van der Waals surface area contributed by atoms with Gasteiger partial charge in [-0.1, -0.05) is 48.5 Å². The first-order valence-electron chi connectivity index (χ1n) is 9.27. The van der Waals surface area contributed by atoms with Gasteiger partial charge in [0.05, 0.1) is 0 Å². The predicted molar refractivity (Wildman–Crippen MR) is 107 cm³/mol. The van der Waals surface area contributed by atoms with Crippen LogP contribution in [0.4, 0.5) is 0 Å². The Morgan fingerprint density at radius 2 is 2.08 bits per heavy atom. The van der Waals surface area contributed by atoms with Crippen LogP contribution >= 0.6 is 23.4 Å². The predicted octanol–water partition coefficient (Wildman–Crippen LogP) is 5.16. The Balaban J connectivity index is 1.59. The van der Waals surface area contributed by atoms with E-state index in [1.54, 1.807) is 0 Å². The third-order valence-corrected chi connectivity index (χ3v) is 6.91. The van der Waals surface area contributed by atoms with Gasteiger partial charge < -0.3 is 5.32 Å². The summed E-state index contributed by atoms with van der Waals surface area (Å²) >= 11 is 8.14. The molecule has 0 saturated carbocycles. The van der Waals surface area contributed by atoms with E-state index in [4.69, 9.17) is 11.6 Å². The van der Waals surface area contributed by atoms with Gasteiger partial charge in [-0.2, -0.15) is 0 Å². The van der Waals surface area contributed by atoms with E-state index in [1.807, 2.05) is 17.8 Å². The van der Waals surface area contributed by atoms with E-state index < -0.39 is 0 Å². The number of nitrogens with one attached hydrogen (secondary N) is 1. The summed E-state index contributed by atoms with van der Waals surface area (Å²) in [6.07, 6.45) is 3.64. The number of rotatable bonds is 4. The molecule has 0 spiro atoms. The zero-order valence-corrected chi connectivity index (χ0v) is 16.2. The van der Waals surface area contributed by atoms with E-state index in [0.29, 0.717) is 12.1 Å². The second-order valence-corrected chi connectivity index (χ2v) is 8.50. The molecule has 2 nitrogen and oxygen atoms in total. The molecule has 1 fully saturated rings. The van der Waals surface area contributed by atoms with Crippen LogP contribution in [-0.4, -0.2) is 30.6 Å². The Morgan fingerprint density at radius 3 is 2.96 bits per heavy atom. The minimum atomic E-state index is 0.350. The van der Waals surface area contributed by atoms with Gasteiger partial charge in [0.2, 0.25) is 0 Å². The summed E-state index contributed by atoms with van der Waals surface area (Å²) in [6.45, 7) is 5.74. The molecule has 2 aliphatic heterocycles. The lowest BCUT2D eigenvalue weighted by Gasteiger charge is -2.26. The fraction of sp³-hybridized carbons (Fsp3) is 0.429. The van der Waals surface area contributed by atoms with Gasteiger partial charge in [-0.3, -0.25) is 4.90 Å². The molecule has 4 rings (SSSR count). The summed E-state index contributed by atoms with van der Waals surface area (Å²) in [5, 5.41) is 4.72. The van der Waals surface area contributed by atoms with Crippen LogP contribution in [0, 0.1) is 0 Å². The molecule has 0 aromatic heterocycles. The van der Waals surface area contributed by atoms with E-state index >= 15 is 0 Å². The maximum absolute atomic E-state index is 6.27. The van der Waals surface area contributed by atoms with Crippen molar-refractivity contribution in [2.45, 2.75) is 48.1 Å². The van der Waals surface area contributed by atoms with Gasteiger partial charge in [0.1, 0.15) is 0 Å². The standard InChI is InChI=1S/C21H25ClN2S/c1-2-24-11-5-6-17(24)14-23-19-13-15-12-16(22)9-10-20(15)25-21-8-4-3-7-18(19)21/h3-4,7-10,12,17,19,23H,2,5-6,11,13-14H2,1H3/t17-,19+/m1/s1. The third kappa shape index (κ3) is 3.75. The van der Waals surface area contributed by atoms with E-state index in [9.17, 15) is 0 Å². The van der Waals surface area contributed by atoms with Gasteiger partial charge in [0, 0.05) is 33.4 Å². The summed E-state index contributed by atoms with van der Waals surface area (Å²) in [5.74, 6) is 0. The molecular weight excluding hydrogens is 348 g/mol. The second-order valence-electron chi connectivity index (χ2n) is 6.98. The van der Waals surface area contributed by atoms with Crippen molar-refractivity contribution in [1.29, 1.82) is 0 Å². The first-order chi connectivity index (χ1) is 12.2. The molecule has 2 heterocycles. The first kappa shape index (κ1) is 17.4. The number of likely N-dealkylation sites (N-methyl/N-ethyl adjacent to an activating group) is 1. The van der Waals surface area contributed by atoms with Crippen LogP contribution in [0.1, 0.15) is 36.9 Å². The molecule has 0 amide bonds. The molecule has 4 heteroatoms. The lowest BCUT2D eigenvalue weighted by Crippen LogP contribution is -2.39. The van der Waals surface area contributed by atoms with E-state index in [-0.39, 0.29) is 0 Å². The SMILES string of the molecule is CCN1CCC[C@@H]1CN[C@H]1Cc2cc(Cl)ccc2Sc2ccccc21. The zero-order chi connectivity index (χ0) is 17.2. The molecule has 2 aromatic rings. The Morgan fingerprint density at radius 1 is 1.20 bits per heavy atom. The fourth-order valence-electron chi connectivity index (χ4n) is 4.12. The Bertz CT molecular complexity index is 748. The molecule has 0 unspecified atom stereocenters. The fourth-order valence-corrected chi connectivity index (χ4v) is 5.44. The van der Waals surface area contributed by atoms with Crippen LogP contribution in [0.3, 0.4) is 0 Å². The normalized spacial score (nSPS) is 23.1. The monoisotopic (exact) mass is 372 g/mol. The van der Waals surface area contributed by atoms with Crippen LogP contribution in [0.5, 0.6) is 0 Å². The summed E-state index contributed by atoms with van der Waals surface area (Å²) < 4.78 is 0. The summed E-state index contributed by atoms with van der Waals surface area (Å²) in [7, 11) is 0. The quantitative estimate of drug-likeness (QED) is 0.797. The van der Waals surface area contributed by atoms with Gasteiger partial charge in [0.15, 0.2) is 0 Å². The molecule has 1 saturated heterocycles. The Kier molecular flexibility index (Phi) is 5.37. The van der Waals surface area contributed by atoms with Gasteiger partial charge in [-0.25, -0.2) is 0 Å². The van der Waals surface area contributed by atoms with Crippen LogP contribution in [-0.2, 0) is 6.42 Å². The van der Waals surface area contributed by atoms with E-state index in [2.05, 4.69) is 53.5 Å². The molecule has 25 heavy (non-hydrogen) atoms. The van der Waals surface area contributed by atoms with Gasteiger partial charge in [0.25, 0.3) is 0 Å². The molecule has 0 aliphatic carbocycles. The lowest BCUT2D eigenvalue weighted by atomic mass is 9.98. The summed E-state index contributed by atoms with van der Waals surface area (Å²) in [5.41, 5.74) is 2.77. The van der Waals surface area contributed by atoms with Gasteiger partial charge >= 0.3 is 0 Å². The molecule has 0 radical (unpaired) electrons. The largest absolute Gasteiger partial charge is 0.308 e. The molecule has 132 valence electrons. The molecule has 1 N–H and O–H groups in total. The smallest absolute Gasteiger partial charge is 0.0409 e. The van der Waals surface area contributed by atoms with Crippen LogP contribution in [0.15, 0.2) is 52.3 Å². The van der Waals surface area contributed by atoms with Crippen molar-refractivity contribution in [1.82, 2.24) is 10.2 Å². The molecule has 0 bridgehead atoms. The van der Waals surface area contributed by atoms with Crippen molar-refractivity contribution in [3.8, 4) is 0 Å². The molecule has 2 aliphatic rings. The highest BCUT2D eigenvalue weighted by molar-refractivity contribution is 7.99. The van der Waals surface area contributed by atoms with Crippen molar-refractivity contribution in [2.24, 2.45) is 0 Å². The number of benzene rings is 2. The number of nitrogens with zero attached hydrogens (tertiary/aromatic N) is 1. The number of hydrogen-bond donors (Lipinski definition) is 1. The minimum absolute atomic E-state index is 0.350. The zero-order valence-electron chi connectivity index (χ0n) is 14.7. The van der Waals surface area contributed by atoms with Crippen molar-refractivity contribution < 1.29 is 0 Å². The minimum Gasteiger partial charge on any atom is -0.308 e. The number of halogens is 1. The van der Waals surface area contributed by atoms with Crippen molar-refractivity contribution >= 4 is 23.4 Å². The van der Waals surface area contributed by atoms with Crippen LogP contribution < -0.4 is 5.32 Å². The summed E-state index contributed by atoms with van der Waals surface area (Å²) in [6, 6.07) is 16.1. The maximum Gasteiger partial charge on any atom is 0.0409 e. The highest BCUT2D eigenvalue weighted by Gasteiger charge is 2.26. The molecule has 2 aromatic carbocycles. The maximum atomic E-state index is 6.27. The average molecular weight is 373 g/mol. The Labute approximate surface area is 159 Å². The summed E-state index contributed by atoms with van der Waals surface area (Å²) in [4.78, 5) is 5.30. The number of hydrogen-bond acceptors (Lipinski definition) is 3. The van der Waals surface area contributed by atoms with Crippen molar-refractivity contribution in [3.63, 3.8) is 0 Å². The van der Waals surface area contributed by atoms with Crippen LogP contribution in [0.25, 0.3) is 0 Å². The Hall–Kier alpha value is -1.00. The highest BCUT2D eigenvalue weighted by Crippen LogP contribution is 2.41. The van der Waals surface area contributed by atoms with Gasteiger partial charge in [-0.05, 0) is 67.7 Å². The first-order valence-corrected chi connectivity index (χ1v) is 10.5.